The van der Waals surface area contributed by atoms with Gasteiger partial charge in [0.05, 0.1) is 0 Å². The summed E-state index contributed by atoms with van der Waals surface area (Å²) in [7, 11) is 0. The second-order valence-corrected chi connectivity index (χ2v) is 5.78. The summed E-state index contributed by atoms with van der Waals surface area (Å²) < 4.78 is 2.25. The van der Waals surface area contributed by atoms with E-state index in [1.54, 1.807) is 0 Å². The molecule has 1 rings (SSSR count). The van der Waals surface area contributed by atoms with E-state index >= 15 is 0 Å². The molecule has 1 aliphatic carbocycles. The topological polar surface area (TPSA) is 0 Å². The van der Waals surface area contributed by atoms with Crippen molar-refractivity contribution in [3.63, 3.8) is 0 Å². The lowest BCUT2D eigenvalue weighted by atomic mass is 9.88. The summed E-state index contributed by atoms with van der Waals surface area (Å²) in [4.78, 5) is 0. The van der Waals surface area contributed by atoms with E-state index in [0.29, 0.717) is 5.92 Å². The first-order chi connectivity index (χ1) is 6.04. The maximum atomic E-state index is 4.01. The van der Waals surface area contributed by atoms with Crippen LogP contribution in [0, 0.1) is 5.92 Å². The van der Waals surface area contributed by atoms with Crippen LogP contribution >= 0.6 is 45.2 Å². The highest BCUT2D eigenvalue weighted by atomic mass is 127. The van der Waals surface area contributed by atoms with Gasteiger partial charge in [-0.2, -0.15) is 0 Å². The number of allylic oxidation sites excluding steroid dienone is 6. The number of hydrogen-bond donors (Lipinski definition) is 0. The average molecular weight is 398 g/mol. The molecule has 70 valence electrons. The van der Waals surface area contributed by atoms with Gasteiger partial charge in [0.2, 0.25) is 0 Å². The summed E-state index contributed by atoms with van der Waals surface area (Å²) in [5.41, 5.74) is 2.63. The summed E-state index contributed by atoms with van der Waals surface area (Å²) in [6, 6.07) is 0. The Kier molecular flexibility index (Phi) is 4.22. The highest BCUT2D eigenvalue weighted by Crippen LogP contribution is 2.37. The number of rotatable bonds is 2. The van der Waals surface area contributed by atoms with Crippen LogP contribution in [0.4, 0.5) is 0 Å². The monoisotopic (exact) mass is 398 g/mol. The van der Waals surface area contributed by atoms with E-state index in [4.69, 9.17) is 0 Å². The van der Waals surface area contributed by atoms with Crippen LogP contribution in [-0.2, 0) is 0 Å². The minimum Gasteiger partial charge on any atom is -0.0853 e. The van der Waals surface area contributed by atoms with E-state index in [9.17, 15) is 0 Å². The van der Waals surface area contributed by atoms with Crippen molar-refractivity contribution in [3.8, 4) is 0 Å². The molecule has 0 aliphatic heterocycles. The van der Waals surface area contributed by atoms with Crippen molar-refractivity contribution in [1.82, 2.24) is 0 Å². The van der Waals surface area contributed by atoms with Crippen molar-refractivity contribution >= 4 is 45.2 Å². The van der Waals surface area contributed by atoms with E-state index < -0.39 is 0 Å². The Morgan fingerprint density at radius 1 is 1.38 bits per heavy atom. The van der Waals surface area contributed by atoms with Gasteiger partial charge in [-0.25, -0.2) is 0 Å². The molecule has 0 aromatic rings. The maximum Gasteiger partial charge on any atom is 0.0134 e. The van der Waals surface area contributed by atoms with Crippen LogP contribution in [0.25, 0.3) is 0 Å². The first-order valence-corrected chi connectivity index (χ1v) is 6.30. The van der Waals surface area contributed by atoms with Crippen molar-refractivity contribution in [2.75, 3.05) is 0 Å². The Bertz CT molecular complexity index is 308. The molecule has 13 heavy (non-hydrogen) atoms. The number of halogens is 2. The SMILES string of the molecule is C=C(I)C1=C(C(=C)I)C(C)CC=C1. The van der Waals surface area contributed by atoms with Crippen molar-refractivity contribution in [1.29, 1.82) is 0 Å². The van der Waals surface area contributed by atoms with Crippen LogP contribution in [-0.4, -0.2) is 0 Å². The molecule has 1 aliphatic rings. The lowest BCUT2D eigenvalue weighted by Gasteiger charge is -2.21. The zero-order valence-corrected chi connectivity index (χ0v) is 11.9. The second kappa shape index (κ2) is 4.77. The Morgan fingerprint density at radius 2 is 2.00 bits per heavy atom. The fraction of sp³-hybridized carbons (Fsp3) is 0.273. The molecule has 0 bridgehead atoms. The predicted molar refractivity (Wildman–Crippen MR) is 76.3 cm³/mol. The third-order valence-corrected chi connectivity index (χ3v) is 3.30. The summed E-state index contributed by atoms with van der Waals surface area (Å²) in [6.07, 6.45) is 5.49. The van der Waals surface area contributed by atoms with Gasteiger partial charge in [0.1, 0.15) is 0 Å². The van der Waals surface area contributed by atoms with E-state index in [1.807, 2.05) is 0 Å². The van der Waals surface area contributed by atoms with Crippen LogP contribution in [0.2, 0.25) is 0 Å². The van der Waals surface area contributed by atoms with Gasteiger partial charge < -0.3 is 0 Å². The van der Waals surface area contributed by atoms with Gasteiger partial charge in [-0.05, 0) is 68.7 Å². The van der Waals surface area contributed by atoms with Crippen molar-refractivity contribution in [2.45, 2.75) is 13.3 Å². The molecule has 0 fully saturated rings. The quantitative estimate of drug-likeness (QED) is 0.588. The lowest BCUT2D eigenvalue weighted by Crippen LogP contribution is -2.05. The van der Waals surface area contributed by atoms with Gasteiger partial charge in [-0.1, -0.05) is 32.2 Å². The largest absolute Gasteiger partial charge is 0.0853 e. The molecule has 0 saturated heterocycles. The second-order valence-electron chi connectivity index (χ2n) is 3.18. The smallest absolute Gasteiger partial charge is 0.0134 e. The summed E-state index contributed by atoms with van der Waals surface area (Å²) >= 11 is 4.57. The van der Waals surface area contributed by atoms with Crippen molar-refractivity contribution < 1.29 is 0 Å². The van der Waals surface area contributed by atoms with Crippen molar-refractivity contribution in [2.24, 2.45) is 5.92 Å². The molecule has 0 spiro atoms. The fourth-order valence-electron chi connectivity index (χ4n) is 1.51. The summed E-state index contributed by atoms with van der Waals surface area (Å²) in [6.45, 7) is 10.2. The Labute approximate surface area is 107 Å². The normalized spacial score (nSPS) is 21.9. The zero-order chi connectivity index (χ0) is 10.0. The van der Waals surface area contributed by atoms with Gasteiger partial charge >= 0.3 is 0 Å². The predicted octanol–water partition coefficient (Wildman–Crippen LogP) is 4.78. The molecule has 0 amide bonds. The van der Waals surface area contributed by atoms with E-state index in [0.717, 1.165) is 13.6 Å². The van der Waals surface area contributed by atoms with E-state index in [1.165, 1.54) is 11.1 Å². The van der Waals surface area contributed by atoms with Gasteiger partial charge in [0.25, 0.3) is 0 Å². The van der Waals surface area contributed by atoms with Crippen LogP contribution in [0.5, 0.6) is 0 Å². The van der Waals surface area contributed by atoms with E-state index in [2.05, 4.69) is 77.4 Å². The minimum atomic E-state index is 0.580. The highest BCUT2D eigenvalue weighted by molar-refractivity contribution is 14.1. The molecule has 2 heteroatoms. The van der Waals surface area contributed by atoms with Crippen LogP contribution < -0.4 is 0 Å². The third kappa shape index (κ3) is 2.68. The zero-order valence-electron chi connectivity index (χ0n) is 7.61. The molecule has 1 unspecified atom stereocenters. The molecule has 0 aromatic heterocycles. The molecule has 0 radical (unpaired) electrons. The molecule has 0 N–H and O–H groups in total. The maximum absolute atomic E-state index is 4.01. The van der Waals surface area contributed by atoms with Gasteiger partial charge in [0.15, 0.2) is 0 Å². The molecule has 0 nitrogen and oxygen atoms in total. The molecule has 0 aromatic carbocycles. The first kappa shape index (κ1) is 11.5. The summed E-state index contributed by atoms with van der Waals surface area (Å²) in [5, 5.41) is 0. The average Bonchev–Trinajstić information content (AvgIpc) is 2.02. The fourth-order valence-corrected chi connectivity index (χ4v) is 2.81. The molecular formula is C11H12I2. The van der Waals surface area contributed by atoms with Gasteiger partial charge in [-0.3, -0.25) is 0 Å². The van der Waals surface area contributed by atoms with Gasteiger partial charge in [0, 0.05) is 7.16 Å². The standard InChI is InChI=1S/C11H12I2/c1-7-5-4-6-10(8(2)12)11(7)9(3)13/h4,6-7H,2-3,5H2,1H3. The Hall–Kier alpha value is 0.420. The number of hydrogen-bond acceptors (Lipinski definition) is 0. The molecule has 0 saturated carbocycles. The molecule has 1 atom stereocenters. The lowest BCUT2D eigenvalue weighted by molar-refractivity contribution is 0.698. The van der Waals surface area contributed by atoms with Crippen LogP contribution in [0.15, 0.2) is 43.6 Å². The van der Waals surface area contributed by atoms with E-state index in [-0.39, 0.29) is 0 Å². The third-order valence-electron chi connectivity index (χ3n) is 2.14. The first-order valence-electron chi connectivity index (χ1n) is 4.14. The van der Waals surface area contributed by atoms with Gasteiger partial charge in [-0.15, -0.1) is 0 Å². The minimum absolute atomic E-state index is 0.580. The van der Waals surface area contributed by atoms with Crippen LogP contribution in [0.3, 0.4) is 0 Å². The summed E-state index contributed by atoms with van der Waals surface area (Å²) in [5.74, 6) is 0.580. The van der Waals surface area contributed by atoms with Crippen LogP contribution in [0.1, 0.15) is 13.3 Å². The molecule has 0 heterocycles. The Balaban J connectivity index is 3.20. The molecular weight excluding hydrogens is 386 g/mol. The van der Waals surface area contributed by atoms with Crippen molar-refractivity contribution in [3.05, 3.63) is 43.6 Å². The highest BCUT2D eigenvalue weighted by Gasteiger charge is 2.17. The Morgan fingerprint density at radius 3 is 2.38 bits per heavy atom.